The quantitative estimate of drug-likeness (QED) is 0.769. The predicted octanol–water partition coefficient (Wildman–Crippen LogP) is 3.24. The summed E-state index contributed by atoms with van der Waals surface area (Å²) in [6.45, 7) is 4.89. The van der Waals surface area contributed by atoms with Crippen LogP contribution in [0.5, 0.6) is 0 Å². The number of likely N-dealkylation sites (tertiary alicyclic amines) is 1. The van der Waals surface area contributed by atoms with Gasteiger partial charge < -0.3 is 4.90 Å². The van der Waals surface area contributed by atoms with E-state index < -0.39 is 32.5 Å². The molecular weight excluding hydrogens is 360 g/mol. The summed E-state index contributed by atoms with van der Waals surface area (Å²) in [7, 11) is -4.34. The van der Waals surface area contributed by atoms with E-state index in [1.54, 1.807) is 0 Å². The molecule has 9 heteroatoms. The molecule has 0 saturated carbocycles. The zero-order chi connectivity index (χ0) is 18.7. The summed E-state index contributed by atoms with van der Waals surface area (Å²) in [5.41, 5.74) is -1.19. The summed E-state index contributed by atoms with van der Waals surface area (Å²) < 4.78 is 78.6. The van der Waals surface area contributed by atoms with E-state index in [4.69, 9.17) is 0 Å². The van der Waals surface area contributed by atoms with Crippen molar-refractivity contribution >= 4 is 10.0 Å². The first-order valence-electron chi connectivity index (χ1n) is 8.22. The van der Waals surface area contributed by atoms with Crippen LogP contribution in [0.15, 0.2) is 23.1 Å². The van der Waals surface area contributed by atoms with E-state index in [1.165, 1.54) is 0 Å². The van der Waals surface area contributed by atoms with Gasteiger partial charge in [0.25, 0.3) is 0 Å². The zero-order valence-corrected chi connectivity index (χ0v) is 14.8. The summed E-state index contributed by atoms with van der Waals surface area (Å²) in [4.78, 5) is 1.32. The minimum atomic E-state index is -4.73. The molecule has 0 unspecified atom stereocenters. The average Bonchev–Trinajstić information content (AvgIpc) is 2.54. The van der Waals surface area contributed by atoms with E-state index in [0.717, 1.165) is 38.9 Å². The van der Waals surface area contributed by atoms with Gasteiger partial charge in [-0.3, -0.25) is 0 Å². The fraction of sp³-hybridized carbons (Fsp3) is 0.625. The molecule has 0 bridgehead atoms. The second-order valence-electron chi connectivity index (χ2n) is 6.28. The van der Waals surface area contributed by atoms with Crippen LogP contribution in [0.4, 0.5) is 17.6 Å². The molecule has 0 radical (unpaired) electrons. The Morgan fingerprint density at radius 2 is 1.88 bits per heavy atom. The lowest BCUT2D eigenvalue weighted by atomic mass is 9.97. The summed E-state index contributed by atoms with van der Waals surface area (Å²) in [6.07, 6.45) is -2.09. The minimum absolute atomic E-state index is 0.0942. The van der Waals surface area contributed by atoms with E-state index >= 15 is 0 Å². The molecule has 1 fully saturated rings. The van der Waals surface area contributed by atoms with Gasteiger partial charge in [-0.05, 0) is 63.0 Å². The van der Waals surface area contributed by atoms with Crippen LogP contribution in [0.3, 0.4) is 0 Å². The number of piperidine rings is 1. The average molecular weight is 382 g/mol. The van der Waals surface area contributed by atoms with Crippen molar-refractivity contribution in [3.05, 3.63) is 29.6 Å². The maximum Gasteiger partial charge on any atom is 0.416 e. The van der Waals surface area contributed by atoms with Gasteiger partial charge in [-0.1, -0.05) is 6.92 Å². The SMILES string of the molecule is CCCN1CCC(CNS(=O)(=O)c2cc(C(F)(F)F)ccc2F)CC1. The molecule has 0 spiro atoms. The standard InChI is InChI=1S/C16H22F4N2O2S/c1-2-7-22-8-5-12(6-9-22)11-21-25(23,24)15-10-13(16(18,19)20)3-4-14(15)17/h3-4,10,12,21H,2,5-9,11H2,1H3. The number of halogens is 4. The summed E-state index contributed by atoms with van der Waals surface area (Å²) in [5.74, 6) is -1.10. The topological polar surface area (TPSA) is 49.4 Å². The van der Waals surface area contributed by atoms with Gasteiger partial charge in [-0.25, -0.2) is 17.5 Å². The van der Waals surface area contributed by atoms with Crippen molar-refractivity contribution in [2.24, 2.45) is 5.92 Å². The number of nitrogens with one attached hydrogen (secondary N) is 1. The van der Waals surface area contributed by atoms with Gasteiger partial charge in [0.1, 0.15) is 10.7 Å². The molecule has 0 aliphatic carbocycles. The largest absolute Gasteiger partial charge is 0.416 e. The third-order valence-electron chi connectivity index (χ3n) is 4.36. The van der Waals surface area contributed by atoms with E-state index in [2.05, 4.69) is 16.5 Å². The molecule has 1 saturated heterocycles. The normalized spacial score (nSPS) is 17.8. The van der Waals surface area contributed by atoms with Gasteiger partial charge in [-0.2, -0.15) is 13.2 Å². The van der Waals surface area contributed by atoms with Gasteiger partial charge in [-0.15, -0.1) is 0 Å². The van der Waals surface area contributed by atoms with Crippen molar-refractivity contribution in [1.29, 1.82) is 0 Å². The number of sulfonamides is 1. The molecule has 1 aliphatic rings. The maximum atomic E-state index is 13.8. The van der Waals surface area contributed by atoms with Gasteiger partial charge in [0.2, 0.25) is 10.0 Å². The van der Waals surface area contributed by atoms with Crippen molar-refractivity contribution in [2.45, 2.75) is 37.3 Å². The monoisotopic (exact) mass is 382 g/mol. The summed E-state index contributed by atoms with van der Waals surface area (Å²) >= 11 is 0. The van der Waals surface area contributed by atoms with Crippen LogP contribution in [0.25, 0.3) is 0 Å². The van der Waals surface area contributed by atoms with Gasteiger partial charge in [0.05, 0.1) is 5.56 Å². The van der Waals surface area contributed by atoms with Crippen LogP contribution in [-0.4, -0.2) is 39.5 Å². The minimum Gasteiger partial charge on any atom is -0.303 e. The Balaban J connectivity index is 2.03. The second kappa shape index (κ2) is 8.01. The van der Waals surface area contributed by atoms with Crippen molar-refractivity contribution in [3.63, 3.8) is 0 Å². The van der Waals surface area contributed by atoms with E-state index in [1.807, 2.05) is 0 Å². The third kappa shape index (κ3) is 5.39. The van der Waals surface area contributed by atoms with Gasteiger partial charge in [0, 0.05) is 6.54 Å². The Morgan fingerprint density at radius 1 is 1.24 bits per heavy atom. The van der Waals surface area contributed by atoms with Crippen LogP contribution in [-0.2, 0) is 16.2 Å². The highest BCUT2D eigenvalue weighted by molar-refractivity contribution is 7.89. The number of rotatable bonds is 6. The van der Waals surface area contributed by atoms with Gasteiger partial charge >= 0.3 is 6.18 Å². The van der Waals surface area contributed by atoms with Crippen LogP contribution in [0.1, 0.15) is 31.7 Å². The van der Waals surface area contributed by atoms with Crippen LogP contribution in [0, 0.1) is 11.7 Å². The molecule has 1 aromatic rings. The molecule has 0 atom stereocenters. The van der Waals surface area contributed by atoms with E-state index in [-0.39, 0.29) is 12.5 Å². The lowest BCUT2D eigenvalue weighted by Crippen LogP contribution is -2.39. The first-order chi connectivity index (χ1) is 11.6. The molecule has 142 valence electrons. The fourth-order valence-electron chi connectivity index (χ4n) is 2.92. The molecule has 1 heterocycles. The summed E-state index contributed by atoms with van der Waals surface area (Å²) in [6, 6.07) is 1.39. The molecule has 2 rings (SSSR count). The van der Waals surface area contributed by atoms with E-state index in [0.29, 0.717) is 18.2 Å². The Bertz CT molecular complexity index is 684. The number of nitrogens with zero attached hydrogens (tertiary/aromatic N) is 1. The predicted molar refractivity (Wildman–Crippen MR) is 86.0 cm³/mol. The van der Waals surface area contributed by atoms with Crippen molar-refractivity contribution < 1.29 is 26.0 Å². The molecule has 0 aromatic heterocycles. The lowest BCUT2D eigenvalue weighted by Gasteiger charge is -2.31. The molecule has 0 amide bonds. The third-order valence-corrected chi connectivity index (χ3v) is 5.80. The second-order valence-corrected chi connectivity index (χ2v) is 8.02. The molecule has 1 N–H and O–H groups in total. The maximum absolute atomic E-state index is 13.8. The molecular formula is C16H22F4N2O2S. The highest BCUT2D eigenvalue weighted by Crippen LogP contribution is 2.31. The number of hydrogen-bond acceptors (Lipinski definition) is 3. The smallest absolute Gasteiger partial charge is 0.303 e. The van der Waals surface area contributed by atoms with Crippen LogP contribution >= 0.6 is 0 Å². The molecule has 1 aliphatic heterocycles. The first kappa shape index (κ1) is 20.1. The number of hydrogen-bond donors (Lipinski definition) is 1. The Morgan fingerprint density at radius 3 is 2.44 bits per heavy atom. The Labute approximate surface area is 145 Å². The van der Waals surface area contributed by atoms with Crippen LogP contribution < -0.4 is 4.72 Å². The highest BCUT2D eigenvalue weighted by Gasteiger charge is 2.33. The fourth-order valence-corrected chi connectivity index (χ4v) is 4.14. The molecule has 4 nitrogen and oxygen atoms in total. The lowest BCUT2D eigenvalue weighted by molar-refractivity contribution is -0.137. The Hall–Kier alpha value is -1.19. The number of benzene rings is 1. The Kier molecular flexibility index (Phi) is 6.45. The van der Waals surface area contributed by atoms with Gasteiger partial charge in [0.15, 0.2) is 0 Å². The molecule has 25 heavy (non-hydrogen) atoms. The van der Waals surface area contributed by atoms with Crippen LogP contribution in [0.2, 0.25) is 0 Å². The van der Waals surface area contributed by atoms with Crippen molar-refractivity contribution in [3.8, 4) is 0 Å². The summed E-state index contributed by atoms with van der Waals surface area (Å²) in [5, 5.41) is 0. The number of alkyl halides is 3. The van der Waals surface area contributed by atoms with Crippen molar-refractivity contribution in [1.82, 2.24) is 9.62 Å². The molecule has 1 aromatic carbocycles. The first-order valence-corrected chi connectivity index (χ1v) is 9.70. The van der Waals surface area contributed by atoms with Crippen molar-refractivity contribution in [2.75, 3.05) is 26.2 Å². The highest BCUT2D eigenvalue weighted by atomic mass is 32.2. The van der Waals surface area contributed by atoms with E-state index in [9.17, 15) is 26.0 Å². The zero-order valence-electron chi connectivity index (χ0n) is 13.9.